The van der Waals surface area contributed by atoms with Gasteiger partial charge in [-0.3, -0.25) is 4.98 Å². The molecule has 0 amide bonds. The molecule has 1 N–H and O–H groups in total. The highest BCUT2D eigenvalue weighted by Crippen LogP contribution is 2.11. The van der Waals surface area contributed by atoms with E-state index in [0.29, 0.717) is 25.4 Å². The summed E-state index contributed by atoms with van der Waals surface area (Å²) in [7, 11) is 0. The first kappa shape index (κ1) is 14.7. The smallest absolute Gasteiger partial charge is 0.180 e. The van der Waals surface area contributed by atoms with Gasteiger partial charge in [-0.15, -0.1) is 0 Å². The molecule has 2 heterocycles. The average molecular weight is 315 g/mol. The van der Waals surface area contributed by atoms with Crippen molar-refractivity contribution in [2.24, 2.45) is 0 Å². The molecule has 0 aliphatic carbocycles. The summed E-state index contributed by atoms with van der Waals surface area (Å²) >= 11 is 5.84. The second-order valence-corrected chi connectivity index (χ2v) is 5.14. The fourth-order valence-electron chi connectivity index (χ4n) is 1.97. The predicted molar refractivity (Wildman–Crippen MR) is 86.9 cm³/mol. The van der Waals surface area contributed by atoms with Crippen LogP contribution in [-0.2, 0) is 11.3 Å². The summed E-state index contributed by atoms with van der Waals surface area (Å²) in [6.07, 6.45) is 3.29. The Kier molecular flexibility index (Phi) is 4.78. The van der Waals surface area contributed by atoms with E-state index in [2.05, 4.69) is 20.3 Å². The maximum Gasteiger partial charge on any atom is 0.180 e. The number of fused-ring (bicyclic) bond motifs is 1. The summed E-state index contributed by atoms with van der Waals surface area (Å²) in [5.41, 5.74) is 2.52. The number of nitrogens with zero attached hydrogens (tertiary/aromatic N) is 3. The van der Waals surface area contributed by atoms with Crippen molar-refractivity contribution in [1.82, 2.24) is 15.0 Å². The molecule has 22 heavy (non-hydrogen) atoms. The van der Waals surface area contributed by atoms with E-state index in [1.807, 2.05) is 36.4 Å². The molecule has 0 atom stereocenters. The third kappa shape index (κ3) is 3.90. The minimum atomic E-state index is 0.565. The lowest BCUT2D eigenvalue weighted by atomic mass is 10.2. The molecular formula is C16H15ClN4O. The largest absolute Gasteiger partial charge is 0.375 e. The first-order valence-electron chi connectivity index (χ1n) is 6.95. The molecule has 6 heteroatoms. The van der Waals surface area contributed by atoms with Gasteiger partial charge in [0.25, 0.3) is 0 Å². The number of rotatable bonds is 6. The van der Waals surface area contributed by atoms with Gasteiger partial charge in [0.2, 0.25) is 0 Å². The number of hydrogen-bond acceptors (Lipinski definition) is 5. The lowest BCUT2D eigenvalue weighted by Gasteiger charge is -2.07. The van der Waals surface area contributed by atoms with Gasteiger partial charge in [-0.2, -0.15) is 0 Å². The third-order valence-electron chi connectivity index (χ3n) is 3.07. The van der Waals surface area contributed by atoms with Crippen molar-refractivity contribution in [1.29, 1.82) is 0 Å². The molecular weight excluding hydrogens is 300 g/mol. The number of ether oxygens (including phenoxy) is 1. The van der Waals surface area contributed by atoms with Gasteiger partial charge in [-0.1, -0.05) is 23.7 Å². The van der Waals surface area contributed by atoms with E-state index in [1.54, 1.807) is 12.4 Å². The van der Waals surface area contributed by atoms with Gasteiger partial charge in [0.15, 0.2) is 5.65 Å². The summed E-state index contributed by atoms with van der Waals surface area (Å²) in [5.74, 6) is 0.767. The Balaban J connectivity index is 1.45. The van der Waals surface area contributed by atoms with Crippen LogP contribution in [0.2, 0.25) is 5.02 Å². The number of halogens is 1. The first-order valence-corrected chi connectivity index (χ1v) is 7.33. The lowest BCUT2D eigenvalue weighted by molar-refractivity contribution is 0.130. The molecule has 0 bridgehead atoms. The van der Waals surface area contributed by atoms with Gasteiger partial charge in [-0.25, -0.2) is 9.97 Å². The molecule has 0 aliphatic heterocycles. The topological polar surface area (TPSA) is 59.9 Å². The summed E-state index contributed by atoms with van der Waals surface area (Å²) < 4.78 is 5.61. The van der Waals surface area contributed by atoms with Gasteiger partial charge >= 0.3 is 0 Å². The van der Waals surface area contributed by atoms with E-state index >= 15 is 0 Å². The highest BCUT2D eigenvalue weighted by molar-refractivity contribution is 6.30. The predicted octanol–water partition coefficient (Wildman–Crippen LogP) is 3.31. The van der Waals surface area contributed by atoms with E-state index in [0.717, 1.165) is 21.9 Å². The standard InChI is InChI=1S/C16H15ClN4O/c17-13-3-1-12(2-4-13)11-22-10-9-19-15-6-5-14-16(21-15)20-8-7-18-14/h1-8H,9-11H2,(H,19,20,21). The van der Waals surface area contributed by atoms with Crippen LogP contribution in [0.15, 0.2) is 48.8 Å². The number of nitrogens with one attached hydrogen (secondary N) is 1. The fraction of sp³-hybridized carbons (Fsp3) is 0.188. The Labute approximate surface area is 133 Å². The van der Waals surface area contributed by atoms with Crippen molar-refractivity contribution in [3.63, 3.8) is 0 Å². The summed E-state index contributed by atoms with van der Waals surface area (Å²) in [4.78, 5) is 12.7. The van der Waals surface area contributed by atoms with Crippen LogP contribution in [0, 0.1) is 0 Å². The molecule has 3 rings (SSSR count). The molecule has 112 valence electrons. The van der Waals surface area contributed by atoms with E-state index < -0.39 is 0 Å². The number of pyridine rings is 1. The molecule has 1 aromatic carbocycles. The number of hydrogen-bond donors (Lipinski definition) is 1. The molecule has 0 unspecified atom stereocenters. The quantitative estimate of drug-likeness (QED) is 0.707. The van der Waals surface area contributed by atoms with Crippen LogP contribution >= 0.6 is 11.6 Å². The van der Waals surface area contributed by atoms with E-state index in [1.165, 1.54) is 0 Å². The van der Waals surface area contributed by atoms with E-state index in [4.69, 9.17) is 16.3 Å². The molecule has 0 saturated heterocycles. The second kappa shape index (κ2) is 7.15. The molecule has 2 aromatic heterocycles. The first-order chi connectivity index (χ1) is 10.8. The minimum Gasteiger partial charge on any atom is -0.375 e. The van der Waals surface area contributed by atoms with Crippen LogP contribution in [-0.4, -0.2) is 28.1 Å². The molecule has 0 fully saturated rings. The van der Waals surface area contributed by atoms with Gasteiger partial charge in [0, 0.05) is 24.0 Å². The van der Waals surface area contributed by atoms with Gasteiger partial charge in [0.1, 0.15) is 11.3 Å². The van der Waals surface area contributed by atoms with Crippen molar-refractivity contribution in [2.75, 3.05) is 18.5 Å². The Bertz CT molecular complexity index is 748. The molecule has 0 aliphatic rings. The second-order valence-electron chi connectivity index (χ2n) is 4.70. The summed E-state index contributed by atoms with van der Waals surface area (Å²) in [6.45, 7) is 1.82. The molecule has 5 nitrogen and oxygen atoms in total. The Hall–Kier alpha value is -2.24. The SMILES string of the molecule is Clc1ccc(COCCNc2ccc3nccnc3n2)cc1. The van der Waals surface area contributed by atoms with Crippen molar-refractivity contribution >= 4 is 28.6 Å². The maximum absolute atomic E-state index is 5.84. The van der Waals surface area contributed by atoms with Crippen LogP contribution in [0.3, 0.4) is 0 Å². The zero-order valence-corrected chi connectivity index (χ0v) is 12.6. The van der Waals surface area contributed by atoms with Gasteiger partial charge < -0.3 is 10.1 Å². The normalized spacial score (nSPS) is 10.8. The zero-order chi connectivity index (χ0) is 15.2. The Morgan fingerprint density at radius 1 is 1.00 bits per heavy atom. The van der Waals surface area contributed by atoms with Crippen molar-refractivity contribution in [3.8, 4) is 0 Å². The molecule has 0 radical (unpaired) electrons. The van der Waals surface area contributed by atoms with Crippen LogP contribution < -0.4 is 5.32 Å². The van der Waals surface area contributed by atoms with Crippen molar-refractivity contribution in [2.45, 2.75) is 6.61 Å². The van der Waals surface area contributed by atoms with Gasteiger partial charge in [0.05, 0.1) is 13.2 Å². The van der Waals surface area contributed by atoms with Crippen molar-refractivity contribution < 1.29 is 4.74 Å². The Morgan fingerprint density at radius 2 is 1.82 bits per heavy atom. The Morgan fingerprint density at radius 3 is 2.68 bits per heavy atom. The molecule has 3 aromatic rings. The zero-order valence-electron chi connectivity index (χ0n) is 11.9. The minimum absolute atomic E-state index is 0.565. The van der Waals surface area contributed by atoms with Crippen LogP contribution in [0.25, 0.3) is 11.2 Å². The monoisotopic (exact) mass is 314 g/mol. The van der Waals surface area contributed by atoms with E-state index in [-0.39, 0.29) is 0 Å². The van der Waals surface area contributed by atoms with E-state index in [9.17, 15) is 0 Å². The van der Waals surface area contributed by atoms with Crippen LogP contribution in [0.1, 0.15) is 5.56 Å². The average Bonchev–Trinajstić information content (AvgIpc) is 2.56. The number of aromatic nitrogens is 3. The lowest BCUT2D eigenvalue weighted by Crippen LogP contribution is -2.10. The number of benzene rings is 1. The third-order valence-corrected chi connectivity index (χ3v) is 3.32. The molecule has 0 spiro atoms. The fourth-order valence-corrected chi connectivity index (χ4v) is 2.10. The van der Waals surface area contributed by atoms with Crippen molar-refractivity contribution in [3.05, 3.63) is 59.4 Å². The van der Waals surface area contributed by atoms with Crippen LogP contribution in [0.5, 0.6) is 0 Å². The molecule has 0 saturated carbocycles. The summed E-state index contributed by atoms with van der Waals surface area (Å²) in [5, 5.41) is 3.94. The van der Waals surface area contributed by atoms with Gasteiger partial charge in [-0.05, 0) is 29.8 Å². The highest BCUT2D eigenvalue weighted by Gasteiger charge is 1.99. The summed E-state index contributed by atoms with van der Waals surface area (Å²) in [6, 6.07) is 11.4. The number of anilines is 1. The van der Waals surface area contributed by atoms with Crippen LogP contribution in [0.4, 0.5) is 5.82 Å². The maximum atomic E-state index is 5.84. The highest BCUT2D eigenvalue weighted by atomic mass is 35.5.